The fraction of sp³-hybridized carbons (Fsp3) is 0.400. The molecule has 0 bridgehead atoms. The molecule has 4 rings (SSSR count). The smallest absolute Gasteiger partial charge is 0.415 e. The number of likely N-dealkylation sites (tertiary alicyclic amines) is 1. The Morgan fingerprint density at radius 2 is 1.96 bits per heavy atom. The highest BCUT2D eigenvalue weighted by atomic mass is 35.5. The van der Waals surface area contributed by atoms with Crippen molar-refractivity contribution in [1.82, 2.24) is 15.1 Å². The number of ether oxygens (including phenoxy) is 2. The first kappa shape index (κ1) is 18.7. The topological polar surface area (TPSA) is 81.6 Å². The fourth-order valence-corrected chi connectivity index (χ4v) is 3.35. The van der Waals surface area contributed by atoms with Crippen molar-refractivity contribution in [2.45, 2.75) is 38.5 Å². The number of aryl methyl sites for hydroxylation is 1. The number of halogens is 1. The molecule has 0 N–H and O–H groups in total. The molecule has 0 atom stereocenters. The average molecular weight is 402 g/mol. The first-order valence-electron chi connectivity index (χ1n) is 9.30. The standard InChI is InChI=1S/C20H20ClN3O4/c1-12-3-2-4-15(13-5-6-13)18(12)28-19-16(11-17(21)22-23-19)27-20(26)24-9-7-14(25)8-10-24/h2-4,11,13H,5-10H2,1H3. The monoisotopic (exact) mass is 401 g/mol. The van der Waals surface area contributed by atoms with Gasteiger partial charge in [0.2, 0.25) is 0 Å². The molecular weight excluding hydrogens is 382 g/mol. The molecule has 1 aliphatic carbocycles. The largest absolute Gasteiger partial charge is 0.434 e. The second-order valence-corrected chi connectivity index (χ2v) is 7.49. The summed E-state index contributed by atoms with van der Waals surface area (Å²) in [5.41, 5.74) is 2.08. The molecule has 146 valence electrons. The molecule has 2 fully saturated rings. The minimum atomic E-state index is -0.561. The number of hydrogen-bond acceptors (Lipinski definition) is 6. The number of benzene rings is 1. The van der Waals surface area contributed by atoms with Gasteiger partial charge in [0.1, 0.15) is 11.5 Å². The van der Waals surface area contributed by atoms with Gasteiger partial charge in [0.15, 0.2) is 10.9 Å². The number of aromatic nitrogens is 2. The zero-order chi connectivity index (χ0) is 19.7. The summed E-state index contributed by atoms with van der Waals surface area (Å²) in [6, 6.07) is 7.41. The van der Waals surface area contributed by atoms with Gasteiger partial charge in [-0.15, -0.1) is 10.2 Å². The third-order valence-corrected chi connectivity index (χ3v) is 5.12. The minimum Gasteiger partial charge on any atom is -0.434 e. The van der Waals surface area contributed by atoms with Crippen molar-refractivity contribution in [3.8, 4) is 17.4 Å². The number of nitrogens with zero attached hydrogens (tertiary/aromatic N) is 3. The number of Topliss-reactive ketones (excluding diaryl/α,β-unsaturated/α-hetero) is 1. The third kappa shape index (κ3) is 4.09. The SMILES string of the molecule is Cc1cccc(C2CC2)c1Oc1nnc(Cl)cc1OC(=O)N1CCC(=O)CC1. The molecule has 0 spiro atoms. The molecule has 2 aliphatic rings. The van der Waals surface area contributed by atoms with Gasteiger partial charge in [-0.3, -0.25) is 4.79 Å². The Kier molecular flexibility index (Phi) is 5.17. The van der Waals surface area contributed by atoms with E-state index in [1.165, 1.54) is 11.0 Å². The maximum Gasteiger partial charge on any atom is 0.415 e. The number of para-hydroxylation sites is 1. The number of piperidine rings is 1. The predicted octanol–water partition coefficient (Wildman–Crippen LogP) is 4.27. The molecule has 0 unspecified atom stereocenters. The van der Waals surface area contributed by atoms with Crippen LogP contribution in [0.15, 0.2) is 24.3 Å². The second kappa shape index (κ2) is 7.75. The maximum atomic E-state index is 12.5. The second-order valence-electron chi connectivity index (χ2n) is 7.10. The molecule has 1 amide bonds. The Bertz CT molecular complexity index is 920. The van der Waals surface area contributed by atoms with Crippen LogP contribution in [0.25, 0.3) is 0 Å². The van der Waals surface area contributed by atoms with Crippen LogP contribution in [0.4, 0.5) is 4.79 Å². The van der Waals surface area contributed by atoms with Crippen molar-refractivity contribution in [3.63, 3.8) is 0 Å². The number of rotatable bonds is 4. The summed E-state index contributed by atoms with van der Waals surface area (Å²) < 4.78 is 11.5. The van der Waals surface area contributed by atoms with E-state index in [2.05, 4.69) is 10.2 Å². The number of ketones is 1. The van der Waals surface area contributed by atoms with E-state index in [0.29, 0.717) is 37.6 Å². The van der Waals surface area contributed by atoms with Crippen LogP contribution < -0.4 is 9.47 Å². The zero-order valence-corrected chi connectivity index (χ0v) is 16.2. The maximum absolute atomic E-state index is 12.5. The highest BCUT2D eigenvalue weighted by Crippen LogP contribution is 2.46. The van der Waals surface area contributed by atoms with Crippen LogP contribution in [0.1, 0.15) is 42.7 Å². The molecular formula is C20H20ClN3O4. The van der Waals surface area contributed by atoms with Crippen LogP contribution >= 0.6 is 11.6 Å². The normalized spacial score (nSPS) is 16.8. The molecule has 1 aromatic carbocycles. The van der Waals surface area contributed by atoms with Gasteiger partial charge in [-0.2, -0.15) is 0 Å². The summed E-state index contributed by atoms with van der Waals surface area (Å²) in [5, 5.41) is 7.91. The molecule has 8 heteroatoms. The number of amides is 1. The van der Waals surface area contributed by atoms with E-state index in [-0.39, 0.29) is 22.6 Å². The van der Waals surface area contributed by atoms with Gasteiger partial charge in [0.25, 0.3) is 5.88 Å². The summed E-state index contributed by atoms with van der Waals surface area (Å²) in [4.78, 5) is 25.4. The van der Waals surface area contributed by atoms with E-state index in [1.807, 2.05) is 25.1 Å². The zero-order valence-electron chi connectivity index (χ0n) is 15.5. The van der Waals surface area contributed by atoms with E-state index in [4.69, 9.17) is 21.1 Å². The number of carbonyl (C=O) groups excluding carboxylic acids is 2. The Morgan fingerprint density at radius 3 is 2.68 bits per heavy atom. The minimum absolute atomic E-state index is 0.0852. The third-order valence-electron chi connectivity index (χ3n) is 4.93. The molecule has 1 aromatic heterocycles. The average Bonchev–Trinajstić information content (AvgIpc) is 3.51. The lowest BCUT2D eigenvalue weighted by atomic mass is 10.1. The van der Waals surface area contributed by atoms with Crippen molar-refractivity contribution in [2.24, 2.45) is 0 Å². The van der Waals surface area contributed by atoms with Crippen LogP contribution in [-0.4, -0.2) is 40.1 Å². The Balaban J connectivity index is 1.58. The van der Waals surface area contributed by atoms with Gasteiger partial charge in [-0.05, 0) is 36.8 Å². The molecule has 2 heterocycles. The first-order chi connectivity index (χ1) is 13.5. The van der Waals surface area contributed by atoms with Crippen LogP contribution in [0.5, 0.6) is 17.4 Å². The summed E-state index contributed by atoms with van der Waals surface area (Å²) in [5.74, 6) is 1.53. The Morgan fingerprint density at radius 1 is 1.21 bits per heavy atom. The predicted molar refractivity (Wildman–Crippen MR) is 102 cm³/mol. The number of carbonyl (C=O) groups is 2. The van der Waals surface area contributed by atoms with Crippen molar-refractivity contribution in [1.29, 1.82) is 0 Å². The Labute approximate surface area is 167 Å². The summed E-state index contributed by atoms with van der Waals surface area (Å²) in [6.07, 6.45) is 2.36. The highest BCUT2D eigenvalue weighted by molar-refractivity contribution is 6.29. The van der Waals surface area contributed by atoms with Crippen molar-refractivity contribution in [3.05, 3.63) is 40.5 Å². The van der Waals surface area contributed by atoms with Gasteiger partial charge in [-0.1, -0.05) is 29.8 Å². The van der Waals surface area contributed by atoms with Gasteiger partial charge < -0.3 is 14.4 Å². The van der Waals surface area contributed by atoms with Crippen LogP contribution in [0, 0.1) is 6.92 Å². The lowest BCUT2D eigenvalue weighted by molar-refractivity contribution is -0.121. The summed E-state index contributed by atoms with van der Waals surface area (Å²) >= 11 is 5.95. The van der Waals surface area contributed by atoms with Gasteiger partial charge in [0, 0.05) is 32.0 Å². The van der Waals surface area contributed by atoms with Crippen molar-refractivity contribution in [2.75, 3.05) is 13.1 Å². The molecule has 0 radical (unpaired) electrons. The van der Waals surface area contributed by atoms with Gasteiger partial charge >= 0.3 is 6.09 Å². The highest BCUT2D eigenvalue weighted by Gasteiger charge is 2.29. The van der Waals surface area contributed by atoms with Gasteiger partial charge in [0.05, 0.1) is 0 Å². The molecule has 2 aromatic rings. The first-order valence-corrected chi connectivity index (χ1v) is 9.68. The van der Waals surface area contributed by atoms with Gasteiger partial charge in [-0.25, -0.2) is 4.79 Å². The van der Waals surface area contributed by atoms with E-state index in [1.54, 1.807) is 0 Å². The van der Waals surface area contributed by atoms with Crippen LogP contribution in [0.3, 0.4) is 0 Å². The molecule has 1 aliphatic heterocycles. The van der Waals surface area contributed by atoms with E-state index in [9.17, 15) is 9.59 Å². The van der Waals surface area contributed by atoms with E-state index in [0.717, 1.165) is 24.0 Å². The summed E-state index contributed by atoms with van der Waals surface area (Å²) in [6.45, 7) is 2.63. The number of hydrogen-bond donors (Lipinski definition) is 0. The van der Waals surface area contributed by atoms with Crippen molar-refractivity contribution < 1.29 is 19.1 Å². The van der Waals surface area contributed by atoms with E-state index < -0.39 is 6.09 Å². The fourth-order valence-electron chi connectivity index (χ4n) is 3.21. The van der Waals surface area contributed by atoms with E-state index >= 15 is 0 Å². The lowest BCUT2D eigenvalue weighted by Gasteiger charge is -2.25. The molecule has 28 heavy (non-hydrogen) atoms. The van der Waals surface area contributed by atoms with Crippen LogP contribution in [0.2, 0.25) is 5.15 Å². The lowest BCUT2D eigenvalue weighted by Crippen LogP contribution is -2.40. The van der Waals surface area contributed by atoms with Crippen LogP contribution in [-0.2, 0) is 4.79 Å². The van der Waals surface area contributed by atoms with Crippen molar-refractivity contribution >= 4 is 23.5 Å². The quantitative estimate of drug-likeness (QED) is 0.760. The molecule has 1 saturated heterocycles. The summed E-state index contributed by atoms with van der Waals surface area (Å²) in [7, 11) is 0. The molecule has 7 nitrogen and oxygen atoms in total. The molecule has 1 saturated carbocycles. The Hall–Kier alpha value is -2.67.